The molecule has 3 nitrogen and oxygen atoms in total. The number of benzene rings is 1. The molecule has 1 rings (SSSR count). The predicted octanol–water partition coefficient (Wildman–Crippen LogP) is 2.35. The normalized spacial score (nSPS) is 12.7. The fraction of sp³-hybridized carbons (Fsp3) is 0.455. The van der Waals surface area contributed by atoms with E-state index in [1.54, 1.807) is 13.8 Å². The van der Waals surface area contributed by atoms with Crippen molar-refractivity contribution >= 4 is 9.84 Å². The number of phenols is 1. The molecule has 0 spiro atoms. The smallest absolute Gasteiger partial charge is 0.183 e. The first-order valence-electron chi connectivity index (χ1n) is 4.85. The molecule has 0 heterocycles. The molecular weight excluding hydrogens is 212 g/mol. The average molecular weight is 228 g/mol. The molecule has 0 aliphatic carbocycles. The Morgan fingerprint density at radius 1 is 1.20 bits per heavy atom. The lowest BCUT2D eigenvalue weighted by Crippen LogP contribution is -2.30. The molecule has 0 amide bonds. The van der Waals surface area contributed by atoms with Crippen molar-refractivity contribution in [3.05, 3.63) is 24.3 Å². The van der Waals surface area contributed by atoms with Gasteiger partial charge in [0.2, 0.25) is 0 Å². The maximum atomic E-state index is 12.1. The van der Waals surface area contributed by atoms with Crippen LogP contribution in [0.25, 0.3) is 0 Å². The lowest BCUT2D eigenvalue weighted by molar-refractivity contribution is 0.474. The average Bonchev–Trinajstić information content (AvgIpc) is 2.18. The van der Waals surface area contributed by atoms with E-state index >= 15 is 0 Å². The highest BCUT2D eigenvalue weighted by Gasteiger charge is 2.33. The number of hydrogen-bond donors (Lipinski definition) is 1. The molecule has 84 valence electrons. The third-order valence-corrected chi connectivity index (χ3v) is 5.36. The van der Waals surface area contributed by atoms with Crippen LogP contribution < -0.4 is 0 Å². The monoisotopic (exact) mass is 228 g/mol. The Labute approximate surface area is 90.7 Å². The molecule has 0 unspecified atom stereocenters. The van der Waals surface area contributed by atoms with Crippen LogP contribution in [0.15, 0.2) is 29.2 Å². The van der Waals surface area contributed by atoms with Crippen LogP contribution in [0.3, 0.4) is 0 Å². The fourth-order valence-electron chi connectivity index (χ4n) is 1.13. The van der Waals surface area contributed by atoms with Gasteiger partial charge in [-0.05, 0) is 44.5 Å². The summed E-state index contributed by atoms with van der Waals surface area (Å²) in [4.78, 5) is 0.257. The van der Waals surface area contributed by atoms with Gasteiger partial charge in [0.15, 0.2) is 9.84 Å². The number of rotatable bonds is 3. The second kappa shape index (κ2) is 3.85. The van der Waals surface area contributed by atoms with Gasteiger partial charge in [-0.2, -0.15) is 0 Å². The van der Waals surface area contributed by atoms with Crippen molar-refractivity contribution < 1.29 is 13.5 Å². The van der Waals surface area contributed by atoms with Crippen LogP contribution >= 0.6 is 0 Å². The lowest BCUT2D eigenvalue weighted by Gasteiger charge is -2.22. The van der Waals surface area contributed by atoms with Crippen LogP contribution in [-0.4, -0.2) is 18.3 Å². The molecule has 0 atom stereocenters. The highest BCUT2D eigenvalue weighted by Crippen LogP contribution is 2.28. The topological polar surface area (TPSA) is 54.4 Å². The molecule has 0 saturated heterocycles. The third-order valence-electron chi connectivity index (χ3n) is 2.73. The highest BCUT2D eigenvalue weighted by atomic mass is 32.2. The summed E-state index contributed by atoms with van der Waals surface area (Å²) in [6.45, 7) is 5.25. The Balaban J connectivity index is 3.24. The zero-order valence-electron chi connectivity index (χ0n) is 9.19. The first kappa shape index (κ1) is 12.0. The van der Waals surface area contributed by atoms with Gasteiger partial charge in [-0.25, -0.2) is 8.42 Å². The molecule has 15 heavy (non-hydrogen) atoms. The van der Waals surface area contributed by atoms with E-state index < -0.39 is 14.6 Å². The Morgan fingerprint density at radius 2 is 1.67 bits per heavy atom. The molecule has 4 heteroatoms. The van der Waals surface area contributed by atoms with Gasteiger partial charge >= 0.3 is 0 Å². The zero-order chi connectivity index (χ0) is 11.7. The van der Waals surface area contributed by atoms with Gasteiger partial charge in [0.1, 0.15) is 5.75 Å². The lowest BCUT2D eigenvalue weighted by atomic mass is 10.1. The van der Waals surface area contributed by atoms with Gasteiger partial charge < -0.3 is 5.11 Å². The molecule has 0 aliphatic heterocycles. The summed E-state index contributed by atoms with van der Waals surface area (Å²) in [5.41, 5.74) is 0. The Hall–Kier alpha value is -1.03. The van der Waals surface area contributed by atoms with Crippen LogP contribution in [0.4, 0.5) is 0 Å². The molecule has 1 aromatic carbocycles. The Morgan fingerprint density at radius 3 is 2.07 bits per heavy atom. The number of hydrogen-bond acceptors (Lipinski definition) is 3. The fourth-order valence-corrected chi connectivity index (χ4v) is 2.65. The number of phenolic OH excluding ortho intramolecular Hbond substituents is 1. The molecular formula is C11H16O3S. The summed E-state index contributed by atoms with van der Waals surface area (Å²) in [6.07, 6.45) is 0.552. The SMILES string of the molecule is CCC(C)(C)S(=O)(=O)c1ccc(O)cc1. The van der Waals surface area contributed by atoms with Crippen molar-refractivity contribution in [1.82, 2.24) is 0 Å². The maximum absolute atomic E-state index is 12.1. The quantitative estimate of drug-likeness (QED) is 0.864. The third kappa shape index (κ3) is 2.15. The van der Waals surface area contributed by atoms with E-state index in [0.717, 1.165) is 0 Å². The van der Waals surface area contributed by atoms with Crippen LogP contribution in [-0.2, 0) is 9.84 Å². The molecule has 0 radical (unpaired) electrons. The van der Waals surface area contributed by atoms with Crippen LogP contribution in [0.5, 0.6) is 5.75 Å². The summed E-state index contributed by atoms with van der Waals surface area (Å²) in [6, 6.07) is 5.64. The summed E-state index contributed by atoms with van der Waals surface area (Å²) in [5.74, 6) is 0.0725. The van der Waals surface area contributed by atoms with Gasteiger partial charge in [-0.3, -0.25) is 0 Å². The molecule has 0 saturated carbocycles. The van der Waals surface area contributed by atoms with Crippen molar-refractivity contribution in [1.29, 1.82) is 0 Å². The molecule has 1 aromatic rings. The van der Waals surface area contributed by atoms with Crippen molar-refractivity contribution in [2.45, 2.75) is 36.8 Å². The van der Waals surface area contributed by atoms with Crippen molar-refractivity contribution in [2.24, 2.45) is 0 Å². The first-order chi connectivity index (χ1) is 6.81. The second-order valence-corrected chi connectivity index (χ2v) is 6.69. The zero-order valence-corrected chi connectivity index (χ0v) is 10.0. The maximum Gasteiger partial charge on any atom is 0.183 e. The largest absolute Gasteiger partial charge is 0.508 e. The summed E-state index contributed by atoms with van der Waals surface area (Å²) >= 11 is 0. The van der Waals surface area contributed by atoms with Crippen molar-refractivity contribution in [2.75, 3.05) is 0 Å². The minimum atomic E-state index is -3.32. The van der Waals surface area contributed by atoms with Gasteiger partial charge in [0.05, 0.1) is 9.64 Å². The van der Waals surface area contributed by atoms with E-state index in [2.05, 4.69) is 0 Å². The molecule has 0 fully saturated rings. The van der Waals surface area contributed by atoms with Crippen molar-refractivity contribution in [3.8, 4) is 5.75 Å². The minimum Gasteiger partial charge on any atom is -0.508 e. The molecule has 1 N–H and O–H groups in total. The van der Waals surface area contributed by atoms with Gasteiger partial charge in [0.25, 0.3) is 0 Å². The second-order valence-electron chi connectivity index (χ2n) is 4.11. The molecule has 0 aliphatic rings. The number of aromatic hydroxyl groups is 1. The van der Waals surface area contributed by atoms with Crippen LogP contribution in [0.2, 0.25) is 0 Å². The predicted molar refractivity (Wildman–Crippen MR) is 59.7 cm³/mol. The van der Waals surface area contributed by atoms with E-state index in [1.165, 1.54) is 24.3 Å². The van der Waals surface area contributed by atoms with Gasteiger partial charge in [-0.1, -0.05) is 6.92 Å². The molecule has 0 aromatic heterocycles. The molecule has 0 bridgehead atoms. The van der Waals surface area contributed by atoms with Gasteiger partial charge in [0, 0.05) is 0 Å². The number of sulfone groups is 1. The van der Waals surface area contributed by atoms with E-state index in [0.29, 0.717) is 6.42 Å². The van der Waals surface area contributed by atoms with Crippen LogP contribution in [0, 0.1) is 0 Å². The standard InChI is InChI=1S/C11H16O3S/c1-4-11(2,3)15(13,14)10-7-5-9(12)6-8-10/h5-8,12H,4H2,1-3H3. The summed E-state index contributed by atoms with van der Waals surface area (Å²) < 4.78 is 23.5. The van der Waals surface area contributed by atoms with Gasteiger partial charge in [-0.15, -0.1) is 0 Å². The van der Waals surface area contributed by atoms with E-state index in [9.17, 15) is 8.42 Å². The van der Waals surface area contributed by atoms with Crippen molar-refractivity contribution in [3.63, 3.8) is 0 Å². The van der Waals surface area contributed by atoms with E-state index in [1.807, 2.05) is 6.92 Å². The van der Waals surface area contributed by atoms with E-state index in [-0.39, 0.29) is 10.6 Å². The first-order valence-corrected chi connectivity index (χ1v) is 6.33. The summed E-state index contributed by atoms with van der Waals surface area (Å²) in [5, 5.41) is 9.09. The van der Waals surface area contributed by atoms with Crippen LogP contribution in [0.1, 0.15) is 27.2 Å². The minimum absolute atomic E-state index is 0.0725. The van der Waals surface area contributed by atoms with E-state index in [4.69, 9.17) is 5.11 Å². The Kier molecular flexibility index (Phi) is 3.09. The Bertz CT molecular complexity index is 429. The summed E-state index contributed by atoms with van der Waals surface area (Å²) in [7, 11) is -3.32. The highest BCUT2D eigenvalue weighted by molar-refractivity contribution is 7.92.